The second-order valence-corrected chi connectivity index (χ2v) is 5.44. The summed E-state index contributed by atoms with van der Waals surface area (Å²) in [4.78, 5) is 4.26. The number of hydrogen-bond donors (Lipinski definition) is 1. The van der Waals surface area contributed by atoms with Gasteiger partial charge in [0.15, 0.2) is 17.1 Å². The van der Waals surface area contributed by atoms with Crippen LogP contribution in [0.5, 0.6) is 11.5 Å². The molecule has 7 heteroatoms. The lowest BCUT2D eigenvalue weighted by Gasteiger charge is -2.10. The lowest BCUT2D eigenvalue weighted by atomic mass is 10.1. The number of benzene rings is 1. The van der Waals surface area contributed by atoms with Gasteiger partial charge in [-0.15, -0.1) is 14.8 Å². The Morgan fingerprint density at radius 3 is 2.67 bits per heavy atom. The summed E-state index contributed by atoms with van der Waals surface area (Å²) >= 11 is 0. The van der Waals surface area contributed by atoms with E-state index in [4.69, 9.17) is 9.47 Å². The first kappa shape index (κ1) is 16.0. The zero-order valence-corrected chi connectivity index (χ0v) is 14.1. The van der Waals surface area contributed by atoms with Crippen molar-refractivity contribution in [2.75, 3.05) is 26.1 Å². The zero-order chi connectivity index (χ0) is 16.9. The SMILES string of the molecule is COc1ccc(CCCNc2ccc3nc(C)nn3n2)cc1OC. The topological polar surface area (TPSA) is 73.6 Å². The van der Waals surface area contributed by atoms with Gasteiger partial charge in [0.25, 0.3) is 0 Å². The van der Waals surface area contributed by atoms with E-state index in [9.17, 15) is 0 Å². The van der Waals surface area contributed by atoms with Crippen LogP contribution in [0, 0.1) is 6.92 Å². The summed E-state index contributed by atoms with van der Waals surface area (Å²) < 4.78 is 12.1. The molecule has 126 valence electrons. The molecular formula is C17H21N5O2. The maximum absolute atomic E-state index is 5.33. The number of aryl methyl sites for hydroxylation is 2. The minimum Gasteiger partial charge on any atom is -0.493 e. The molecule has 0 aliphatic rings. The molecule has 0 unspecified atom stereocenters. The molecule has 0 saturated heterocycles. The zero-order valence-electron chi connectivity index (χ0n) is 14.1. The molecule has 0 fully saturated rings. The molecule has 3 rings (SSSR count). The smallest absolute Gasteiger partial charge is 0.176 e. The lowest BCUT2D eigenvalue weighted by molar-refractivity contribution is 0.354. The summed E-state index contributed by atoms with van der Waals surface area (Å²) in [6.07, 6.45) is 1.92. The largest absolute Gasteiger partial charge is 0.493 e. The Labute approximate surface area is 140 Å². The van der Waals surface area contributed by atoms with Crippen molar-refractivity contribution < 1.29 is 9.47 Å². The molecule has 1 aromatic carbocycles. The summed E-state index contributed by atoms with van der Waals surface area (Å²) in [6.45, 7) is 2.67. The van der Waals surface area contributed by atoms with Gasteiger partial charge >= 0.3 is 0 Å². The molecule has 0 spiro atoms. The molecule has 3 aromatic rings. The minimum atomic E-state index is 0.716. The average Bonchev–Trinajstić information content (AvgIpc) is 2.97. The monoisotopic (exact) mass is 327 g/mol. The molecule has 0 aliphatic heterocycles. The number of hydrogen-bond acceptors (Lipinski definition) is 6. The van der Waals surface area contributed by atoms with Crippen LogP contribution in [0.15, 0.2) is 30.3 Å². The van der Waals surface area contributed by atoms with Crippen LogP contribution in [0.1, 0.15) is 17.8 Å². The summed E-state index contributed by atoms with van der Waals surface area (Å²) in [5.41, 5.74) is 1.97. The normalized spacial score (nSPS) is 10.8. The van der Waals surface area contributed by atoms with E-state index in [0.717, 1.165) is 42.4 Å². The number of methoxy groups -OCH3 is 2. The van der Waals surface area contributed by atoms with Crippen molar-refractivity contribution in [2.24, 2.45) is 0 Å². The van der Waals surface area contributed by atoms with Crippen LogP contribution in [0.25, 0.3) is 5.65 Å². The Morgan fingerprint density at radius 1 is 1.04 bits per heavy atom. The van der Waals surface area contributed by atoms with E-state index in [1.54, 1.807) is 18.8 Å². The molecule has 1 N–H and O–H groups in total. The highest BCUT2D eigenvalue weighted by molar-refractivity contribution is 5.44. The first-order valence-electron chi connectivity index (χ1n) is 7.85. The third-order valence-corrected chi connectivity index (χ3v) is 3.71. The molecule has 2 aromatic heterocycles. The van der Waals surface area contributed by atoms with Crippen LogP contribution in [0.3, 0.4) is 0 Å². The van der Waals surface area contributed by atoms with E-state index in [2.05, 4.69) is 26.6 Å². The highest BCUT2D eigenvalue weighted by Gasteiger charge is 2.05. The van der Waals surface area contributed by atoms with E-state index in [-0.39, 0.29) is 0 Å². The quantitative estimate of drug-likeness (QED) is 0.672. The predicted octanol–water partition coefficient (Wildman–Crippen LogP) is 2.49. The molecule has 24 heavy (non-hydrogen) atoms. The predicted molar refractivity (Wildman–Crippen MR) is 91.9 cm³/mol. The molecule has 0 amide bonds. The van der Waals surface area contributed by atoms with Gasteiger partial charge in [-0.2, -0.15) is 0 Å². The molecule has 2 heterocycles. The maximum Gasteiger partial charge on any atom is 0.176 e. The van der Waals surface area contributed by atoms with Crippen molar-refractivity contribution in [2.45, 2.75) is 19.8 Å². The highest BCUT2D eigenvalue weighted by atomic mass is 16.5. The lowest BCUT2D eigenvalue weighted by Crippen LogP contribution is -2.07. The van der Waals surface area contributed by atoms with E-state index in [1.165, 1.54) is 5.56 Å². The summed E-state index contributed by atoms with van der Waals surface area (Å²) in [7, 11) is 3.29. The Hall–Kier alpha value is -2.83. The number of ether oxygens (including phenoxy) is 2. The second kappa shape index (κ2) is 7.16. The standard InChI is InChI=1S/C17H21N5O2/c1-12-19-17-9-8-16(21-22(17)20-12)18-10-4-5-13-6-7-14(23-2)15(11-13)24-3/h6-9,11H,4-5,10H2,1-3H3,(H,18,21). The van der Waals surface area contributed by atoms with Crippen molar-refractivity contribution in [3.8, 4) is 11.5 Å². The van der Waals surface area contributed by atoms with Gasteiger partial charge in [0.1, 0.15) is 11.6 Å². The number of nitrogens with one attached hydrogen (secondary N) is 1. The molecule has 0 saturated carbocycles. The first-order valence-corrected chi connectivity index (χ1v) is 7.85. The van der Waals surface area contributed by atoms with Crippen LogP contribution in [-0.4, -0.2) is 40.6 Å². The molecular weight excluding hydrogens is 306 g/mol. The number of fused-ring (bicyclic) bond motifs is 1. The second-order valence-electron chi connectivity index (χ2n) is 5.44. The van der Waals surface area contributed by atoms with E-state index >= 15 is 0 Å². The van der Waals surface area contributed by atoms with E-state index < -0.39 is 0 Å². The molecule has 7 nitrogen and oxygen atoms in total. The Morgan fingerprint density at radius 2 is 1.88 bits per heavy atom. The Bertz CT molecular complexity index is 831. The van der Waals surface area contributed by atoms with E-state index in [1.807, 2.05) is 31.2 Å². The van der Waals surface area contributed by atoms with Gasteiger partial charge < -0.3 is 14.8 Å². The fourth-order valence-corrected chi connectivity index (χ4v) is 2.53. The van der Waals surface area contributed by atoms with Gasteiger partial charge in [0.05, 0.1) is 14.2 Å². The first-order chi connectivity index (χ1) is 11.7. The average molecular weight is 327 g/mol. The number of aromatic nitrogens is 4. The van der Waals surface area contributed by atoms with Gasteiger partial charge in [-0.05, 0) is 49.6 Å². The van der Waals surface area contributed by atoms with Crippen molar-refractivity contribution in [1.82, 2.24) is 19.8 Å². The summed E-state index contributed by atoms with van der Waals surface area (Å²) in [6, 6.07) is 9.83. The fraction of sp³-hybridized carbons (Fsp3) is 0.353. The van der Waals surface area contributed by atoms with Gasteiger partial charge in [0, 0.05) is 6.54 Å². The van der Waals surface area contributed by atoms with Crippen molar-refractivity contribution >= 4 is 11.5 Å². The van der Waals surface area contributed by atoms with Gasteiger partial charge in [-0.3, -0.25) is 0 Å². The van der Waals surface area contributed by atoms with Crippen LogP contribution in [0.4, 0.5) is 5.82 Å². The maximum atomic E-state index is 5.33. The third kappa shape index (κ3) is 3.56. The van der Waals surface area contributed by atoms with Crippen molar-refractivity contribution in [1.29, 1.82) is 0 Å². The Kier molecular flexibility index (Phi) is 4.79. The summed E-state index contributed by atoms with van der Waals surface area (Å²) in [5, 5.41) is 11.9. The molecule has 0 bridgehead atoms. The molecule has 0 aliphatic carbocycles. The number of nitrogens with zero attached hydrogens (tertiary/aromatic N) is 4. The highest BCUT2D eigenvalue weighted by Crippen LogP contribution is 2.27. The van der Waals surface area contributed by atoms with Crippen LogP contribution in [0.2, 0.25) is 0 Å². The van der Waals surface area contributed by atoms with Gasteiger partial charge in [-0.25, -0.2) is 4.98 Å². The van der Waals surface area contributed by atoms with Crippen molar-refractivity contribution in [3.63, 3.8) is 0 Å². The van der Waals surface area contributed by atoms with Crippen molar-refractivity contribution in [3.05, 3.63) is 41.7 Å². The molecule has 0 atom stereocenters. The van der Waals surface area contributed by atoms with Crippen LogP contribution in [-0.2, 0) is 6.42 Å². The van der Waals surface area contributed by atoms with Crippen LogP contribution < -0.4 is 14.8 Å². The fourth-order valence-electron chi connectivity index (χ4n) is 2.53. The third-order valence-electron chi connectivity index (χ3n) is 3.71. The van der Waals surface area contributed by atoms with Gasteiger partial charge in [0.2, 0.25) is 0 Å². The van der Waals surface area contributed by atoms with Crippen LogP contribution >= 0.6 is 0 Å². The Balaban J connectivity index is 1.54. The number of rotatable bonds is 7. The molecule has 0 radical (unpaired) electrons. The minimum absolute atomic E-state index is 0.716. The van der Waals surface area contributed by atoms with E-state index in [0.29, 0.717) is 5.82 Å². The summed E-state index contributed by atoms with van der Waals surface area (Å²) in [5.74, 6) is 3.02. The van der Waals surface area contributed by atoms with Gasteiger partial charge in [-0.1, -0.05) is 6.07 Å². The number of anilines is 1.